The predicted molar refractivity (Wildman–Crippen MR) is 89.7 cm³/mol. The summed E-state index contributed by atoms with van der Waals surface area (Å²) in [7, 11) is 3.64. The van der Waals surface area contributed by atoms with Crippen LogP contribution in [0.4, 0.5) is 11.4 Å². The molecule has 0 unspecified atom stereocenters. The monoisotopic (exact) mass is 516 g/mol. The van der Waals surface area contributed by atoms with Gasteiger partial charge in [-0.3, -0.25) is 0 Å². The average molecular weight is 519 g/mol. The average Bonchev–Trinajstić information content (AvgIpc) is 2.45. The van der Waals surface area contributed by atoms with Gasteiger partial charge in [0.25, 0.3) is 0 Å². The van der Waals surface area contributed by atoms with Gasteiger partial charge < -0.3 is 44.6 Å². The van der Waals surface area contributed by atoms with Gasteiger partial charge in [-0.05, 0) is 38.8 Å². The number of hydrogen-bond donors (Lipinski definition) is 0. The molecule has 23 heavy (non-hydrogen) atoms. The van der Waals surface area contributed by atoms with E-state index >= 15 is 0 Å². The van der Waals surface area contributed by atoms with Crippen molar-refractivity contribution in [2.24, 2.45) is 0 Å². The van der Waals surface area contributed by atoms with Crippen LogP contribution >= 0.6 is 0 Å². The minimum absolute atomic E-state index is 0. The van der Waals surface area contributed by atoms with Crippen LogP contribution in [0.2, 0.25) is 0 Å². The molecule has 0 radical (unpaired) electrons. The Morgan fingerprint density at radius 3 is 1.13 bits per heavy atom. The van der Waals surface area contributed by atoms with Gasteiger partial charge in [0.05, 0.1) is 0 Å². The molecule has 0 heterocycles. The molecule has 0 N–H and O–H groups in total. The quantitative estimate of drug-likeness (QED) is 0.530. The Labute approximate surface area is 181 Å². The van der Waals surface area contributed by atoms with Gasteiger partial charge in [-0.2, -0.15) is 0 Å². The minimum Gasteiger partial charge on any atom is -1.00 e. The van der Waals surface area contributed by atoms with E-state index < -0.39 is 0 Å². The molecular weight excluding hydrogens is 495 g/mol. The number of rotatable bonds is 2. The van der Waals surface area contributed by atoms with Gasteiger partial charge in [0.15, 0.2) is 0 Å². The maximum absolute atomic E-state index is 4.13. The van der Waals surface area contributed by atoms with E-state index in [1.165, 1.54) is 22.3 Å². The molecule has 2 rings (SSSR count). The molecule has 5 heteroatoms. The van der Waals surface area contributed by atoms with Crippen molar-refractivity contribution in [3.63, 3.8) is 0 Å². The van der Waals surface area contributed by atoms with Gasteiger partial charge in [0.1, 0.15) is 0 Å². The number of hydrogen-bond acceptors (Lipinski definition) is 0. The number of aryl methyl sites for hydroxylation is 2. The molecule has 0 aliphatic rings. The van der Waals surface area contributed by atoms with Crippen LogP contribution in [0.25, 0.3) is 10.6 Å². The molecule has 0 atom stereocenters. The second-order valence-electron chi connectivity index (χ2n) is 4.89. The molecule has 0 saturated heterocycles. The molecular formula is C18H24Br2N2Zr. The van der Waals surface area contributed by atoms with E-state index in [-0.39, 0.29) is 60.2 Å². The summed E-state index contributed by atoms with van der Waals surface area (Å²) in [5.41, 5.74) is 7.38. The molecule has 0 fully saturated rings. The second-order valence-corrected chi connectivity index (χ2v) is 4.89. The Hall–Kier alpha value is -0.117. The van der Waals surface area contributed by atoms with Crippen molar-refractivity contribution in [3.8, 4) is 0 Å². The van der Waals surface area contributed by atoms with Crippen molar-refractivity contribution >= 4 is 11.4 Å². The summed E-state index contributed by atoms with van der Waals surface area (Å²) in [6.07, 6.45) is 0. The topological polar surface area (TPSA) is 28.2 Å². The summed E-state index contributed by atoms with van der Waals surface area (Å²) in [6.45, 7) is 8.39. The van der Waals surface area contributed by atoms with Crippen LogP contribution in [-0.2, 0) is 26.2 Å². The molecule has 0 aliphatic heterocycles. The number of benzene rings is 2. The van der Waals surface area contributed by atoms with Crippen molar-refractivity contribution in [1.82, 2.24) is 0 Å². The van der Waals surface area contributed by atoms with E-state index in [9.17, 15) is 0 Å². The Bertz CT molecular complexity index is 523. The first-order valence-electron chi connectivity index (χ1n) is 6.83. The second kappa shape index (κ2) is 14.2. The summed E-state index contributed by atoms with van der Waals surface area (Å²) >= 11 is 0. The molecule has 0 amide bonds. The van der Waals surface area contributed by atoms with Crippen LogP contribution in [0, 0.1) is 27.7 Å². The van der Waals surface area contributed by atoms with E-state index in [0.29, 0.717) is 0 Å². The summed E-state index contributed by atoms with van der Waals surface area (Å²) in [4.78, 5) is 0. The van der Waals surface area contributed by atoms with Gasteiger partial charge in [0.2, 0.25) is 0 Å². The van der Waals surface area contributed by atoms with Gasteiger partial charge in [-0.1, -0.05) is 47.5 Å². The zero-order chi connectivity index (χ0) is 15.1. The Kier molecular flexibility index (Phi) is 17.2. The summed E-state index contributed by atoms with van der Waals surface area (Å²) in [5.74, 6) is 0. The summed E-state index contributed by atoms with van der Waals surface area (Å²) in [5, 5.41) is 8.26. The first kappa shape index (κ1) is 27.7. The van der Waals surface area contributed by atoms with Crippen LogP contribution in [0.5, 0.6) is 0 Å². The maximum atomic E-state index is 4.13. The van der Waals surface area contributed by atoms with Crippen LogP contribution < -0.4 is 34.0 Å². The number of halogens is 2. The molecule has 0 aliphatic carbocycles. The third-order valence-corrected chi connectivity index (χ3v) is 3.63. The molecule has 0 spiro atoms. The third kappa shape index (κ3) is 8.51. The molecule has 2 aromatic rings. The molecule has 0 bridgehead atoms. The van der Waals surface area contributed by atoms with Crippen LogP contribution in [0.1, 0.15) is 22.3 Å². The van der Waals surface area contributed by atoms with Crippen LogP contribution in [-0.4, -0.2) is 14.1 Å². The van der Waals surface area contributed by atoms with E-state index in [1.807, 2.05) is 38.4 Å². The van der Waals surface area contributed by atoms with Gasteiger partial charge in [0, 0.05) is 0 Å². The van der Waals surface area contributed by atoms with Crippen molar-refractivity contribution < 1.29 is 60.2 Å². The zero-order valence-electron chi connectivity index (χ0n) is 14.6. The Morgan fingerprint density at radius 2 is 0.913 bits per heavy atom. The van der Waals surface area contributed by atoms with E-state index in [0.717, 1.165) is 11.4 Å². The van der Waals surface area contributed by atoms with Crippen molar-refractivity contribution in [2.75, 3.05) is 14.1 Å². The van der Waals surface area contributed by atoms with Crippen LogP contribution in [0.3, 0.4) is 0 Å². The Morgan fingerprint density at radius 1 is 0.609 bits per heavy atom. The van der Waals surface area contributed by atoms with Crippen molar-refractivity contribution in [2.45, 2.75) is 27.7 Å². The standard InChI is InChI=1S/2C9H12N.2BrH.Zr/c2*1-7-5-4-6-9(10-3)8(7)2;;;/h2*4-6H,1-3H3;2*1H;/q2*-1;;;+4/p-2. The van der Waals surface area contributed by atoms with E-state index in [1.54, 1.807) is 0 Å². The molecule has 0 saturated carbocycles. The maximum Gasteiger partial charge on any atom is 4.00 e. The Balaban J connectivity index is -0.000000308. The van der Waals surface area contributed by atoms with Crippen molar-refractivity contribution in [1.29, 1.82) is 0 Å². The van der Waals surface area contributed by atoms with Crippen molar-refractivity contribution in [3.05, 3.63) is 69.3 Å². The van der Waals surface area contributed by atoms with Crippen LogP contribution in [0.15, 0.2) is 36.4 Å². The molecule has 2 aromatic carbocycles. The van der Waals surface area contributed by atoms with Gasteiger partial charge >= 0.3 is 26.2 Å². The predicted octanol–water partition coefficient (Wildman–Crippen LogP) is -0.118. The zero-order valence-corrected chi connectivity index (χ0v) is 20.2. The third-order valence-electron chi connectivity index (χ3n) is 3.63. The first-order chi connectivity index (χ1) is 9.51. The summed E-state index contributed by atoms with van der Waals surface area (Å²) < 4.78 is 0. The fraction of sp³-hybridized carbons (Fsp3) is 0.333. The number of nitrogens with zero attached hydrogens (tertiary/aromatic N) is 2. The largest absolute Gasteiger partial charge is 4.00 e. The molecule has 2 nitrogen and oxygen atoms in total. The van der Waals surface area contributed by atoms with E-state index in [2.05, 4.69) is 50.5 Å². The fourth-order valence-corrected chi connectivity index (χ4v) is 1.96. The molecule has 0 aromatic heterocycles. The van der Waals surface area contributed by atoms with Gasteiger partial charge in [-0.25, -0.2) is 0 Å². The smallest absolute Gasteiger partial charge is 1.00 e. The van der Waals surface area contributed by atoms with E-state index in [4.69, 9.17) is 0 Å². The summed E-state index contributed by atoms with van der Waals surface area (Å²) in [6, 6.07) is 12.3. The normalized spacial score (nSPS) is 8.26. The van der Waals surface area contributed by atoms with Gasteiger partial charge in [-0.15, -0.1) is 25.5 Å². The minimum atomic E-state index is 0. The SMILES string of the molecule is C[N-]c1cccc(C)c1C.C[N-]c1cccc(C)c1C.[Br-].[Br-].[Zr+4]. The first-order valence-corrected chi connectivity index (χ1v) is 6.83. The molecule has 124 valence electrons. The fourth-order valence-electron chi connectivity index (χ4n) is 1.96.